The summed E-state index contributed by atoms with van der Waals surface area (Å²) in [5.74, 6) is -1.11. The molecule has 58 heavy (non-hydrogen) atoms. The van der Waals surface area contributed by atoms with Gasteiger partial charge < -0.3 is 21.1 Å². The van der Waals surface area contributed by atoms with Crippen molar-refractivity contribution in [1.29, 1.82) is 0 Å². The van der Waals surface area contributed by atoms with Gasteiger partial charge in [-0.05, 0) is 94.7 Å². The van der Waals surface area contributed by atoms with E-state index in [0.717, 1.165) is 23.1 Å². The highest BCUT2D eigenvalue weighted by Gasteiger charge is 2.19. The molecule has 0 aliphatic heterocycles. The summed E-state index contributed by atoms with van der Waals surface area (Å²) in [6, 6.07) is 21.6. The van der Waals surface area contributed by atoms with Crippen LogP contribution in [-0.2, 0) is 40.5 Å². The largest absolute Gasteiger partial charge is 0.478 e. The third-order valence-corrected chi connectivity index (χ3v) is 11.7. The second-order valence-electron chi connectivity index (χ2n) is 11.9. The van der Waals surface area contributed by atoms with Crippen LogP contribution in [0.4, 0.5) is 17.1 Å². The Bertz CT molecular complexity index is 2970. The Morgan fingerprint density at radius 1 is 0.483 bits per heavy atom. The quantitative estimate of drug-likeness (QED) is 0.0741. The average molecular weight is 880 g/mol. The van der Waals surface area contributed by atoms with Crippen LogP contribution in [0.15, 0.2) is 111 Å². The number of fused-ring (bicyclic) bond motifs is 3. The zero-order valence-electron chi connectivity index (χ0n) is 31.7. The second kappa shape index (κ2) is 18.5. The molecule has 0 aromatic heterocycles. The molecule has 312 valence electrons. The van der Waals surface area contributed by atoms with Crippen molar-refractivity contribution >= 4 is 95.8 Å². The predicted molar refractivity (Wildman–Crippen MR) is 223 cm³/mol. The first-order chi connectivity index (χ1) is 26.9. The topological polar surface area (TPSA) is 291 Å². The van der Waals surface area contributed by atoms with E-state index in [1.165, 1.54) is 48.5 Å². The van der Waals surface area contributed by atoms with E-state index in [1.807, 2.05) is 32.9 Å². The fourth-order valence-corrected chi connectivity index (χ4v) is 8.03. The molecule has 0 bridgehead atoms. The summed E-state index contributed by atoms with van der Waals surface area (Å²) in [4.78, 5) is 10.1. The third-order valence-electron chi connectivity index (χ3n) is 8.23. The molecule has 0 atom stereocenters. The number of nitrogens with one attached hydrogen (secondary N) is 3. The van der Waals surface area contributed by atoms with E-state index in [9.17, 15) is 47.6 Å². The van der Waals surface area contributed by atoms with Gasteiger partial charge in [0.1, 0.15) is 9.79 Å². The van der Waals surface area contributed by atoms with E-state index >= 15 is 0 Å². The normalized spacial score (nSPS) is 11.6. The monoisotopic (exact) mass is 879 g/mol. The smallest absolute Gasteiger partial charge is 0.336 e. The van der Waals surface area contributed by atoms with E-state index < -0.39 is 46.4 Å². The van der Waals surface area contributed by atoms with Gasteiger partial charge in [-0.25, -0.2) is 4.79 Å². The van der Waals surface area contributed by atoms with Crippen LogP contribution in [0, 0.1) is 6.92 Å². The summed E-state index contributed by atoms with van der Waals surface area (Å²) in [7, 11) is -12.5. The molecule has 0 amide bonds. The summed E-state index contributed by atoms with van der Waals surface area (Å²) in [6.45, 7) is 5.90. The maximum atomic E-state index is 11.4. The third kappa shape index (κ3) is 11.4. The molecule has 6 aromatic carbocycles. The number of anilines is 3. The summed E-state index contributed by atoms with van der Waals surface area (Å²) in [6.07, 6.45) is 0. The highest BCUT2D eigenvalue weighted by Crippen LogP contribution is 2.31. The molecular formula is C37H41N3O14S4. The van der Waals surface area contributed by atoms with Gasteiger partial charge in [0.15, 0.2) is 0 Å². The standard InChI is InChI=1S/C12H11NO5S.C12H13NO3S.C11H11NO6S2.C2H6/c1-13-8-4-7-5-9(19(16,17)18)2-3-10(7)11(6-8)12(14)15;1-8-4-3-5-10-11(8)6-9(13-2)7-12(10)17(14,15)16;1-12-8-4-7-5-9(19(13,14)15)2-3-10(7)11(6-8)20(16,17)18;1-2/h2-6,13H,1H3,(H,14,15)(H,16,17,18);3-7,13H,1-2H3,(H,14,15,16);2-6,12H,1H3,(H,13,14,15)(H,16,17,18);1-2H3. The predicted octanol–water partition coefficient (Wildman–Crippen LogP) is 6.66. The molecule has 0 radical (unpaired) electrons. The van der Waals surface area contributed by atoms with Crippen LogP contribution in [0.5, 0.6) is 0 Å². The molecule has 17 nitrogen and oxygen atoms in total. The first-order valence-corrected chi connectivity index (χ1v) is 22.5. The minimum Gasteiger partial charge on any atom is -0.478 e. The molecule has 0 saturated heterocycles. The lowest BCUT2D eigenvalue weighted by Gasteiger charge is -2.09. The Hall–Kier alpha value is -5.39. The van der Waals surface area contributed by atoms with E-state index in [2.05, 4.69) is 16.0 Å². The Labute approximate surface area is 335 Å². The molecule has 21 heteroatoms. The maximum absolute atomic E-state index is 11.4. The fourth-order valence-electron chi connectivity index (χ4n) is 5.52. The molecule has 6 rings (SSSR count). The fraction of sp³-hybridized carbons (Fsp3) is 0.162. The number of benzene rings is 6. The minimum atomic E-state index is -4.46. The number of carboxylic acids is 1. The van der Waals surface area contributed by atoms with Crippen molar-refractivity contribution in [2.45, 2.75) is 40.4 Å². The van der Waals surface area contributed by atoms with Crippen molar-refractivity contribution in [3.8, 4) is 0 Å². The van der Waals surface area contributed by atoms with Crippen LogP contribution in [0.1, 0.15) is 29.8 Å². The van der Waals surface area contributed by atoms with Crippen molar-refractivity contribution in [3.63, 3.8) is 0 Å². The Morgan fingerprint density at radius 3 is 1.33 bits per heavy atom. The molecule has 0 heterocycles. The second-order valence-corrected chi connectivity index (χ2v) is 17.5. The Morgan fingerprint density at radius 2 is 0.897 bits per heavy atom. The van der Waals surface area contributed by atoms with Crippen LogP contribution in [-0.4, -0.2) is 84.1 Å². The van der Waals surface area contributed by atoms with Crippen molar-refractivity contribution in [1.82, 2.24) is 0 Å². The number of carbonyl (C=O) groups is 1. The van der Waals surface area contributed by atoms with Gasteiger partial charge in [-0.2, -0.15) is 33.7 Å². The highest BCUT2D eigenvalue weighted by atomic mass is 32.2. The average Bonchev–Trinajstić information content (AvgIpc) is 3.16. The summed E-state index contributed by atoms with van der Waals surface area (Å²) < 4.78 is 126. The number of hydrogen-bond acceptors (Lipinski definition) is 12. The van der Waals surface area contributed by atoms with E-state index in [4.69, 9.17) is 14.2 Å². The first kappa shape index (κ1) is 47.0. The number of carboxylic acid groups (broad SMARTS) is 1. The van der Waals surface area contributed by atoms with Crippen molar-refractivity contribution in [2.75, 3.05) is 37.1 Å². The van der Waals surface area contributed by atoms with Crippen LogP contribution < -0.4 is 16.0 Å². The molecule has 0 aliphatic carbocycles. The van der Waals surface area contributed by atoms with Crippen LogP contribution in [0.3, 0.4) is 0 Å². The van der Waals surface area contributed by atoms with E-state index in [-0.39, 0.29) is 35.9 Å². The van der Waals surface area contributed by atoms with Gasteiger partial charge in [0, 0.05) is 49.0 Å². The van der Waals surface area contributed by atoms with E-state index in [0.29, 0.717) is 33.2 Å². The van der Waals surface area contributed by atoms with Crippen molar-refractivity contribution in [2.24, 2.45) is 0 Å². The minimum absolute atomic E-state index is 0.0590. The lowest BCUT2D eigenvalue weighted by Crippen LogP contribution is -2.02. The lowest BCUT2D eigenvalue weighted by atomic mass is 10.0. The zero-order valence-corrected chi connectivity index (χ0v) is 35.0. The molecule has 0 fully saturated rings. The molecule has 0 spiro atoms. The summed E-state index contributed by atoms with van der Waals surface area (Å²) in [5, 5.41) is 20.1. The van der Waals surface area contributed by atoms with Gasteiger partial charge in [0.2, 0.25) is 0 Å². The summed E-state index contributed by atoms with van der Waals surface area (Å²) >= 11 is 0. The molecule has 0 aliphatic rings. The molecule has 6 aromatic rings. The van der Waals surface area contributed by atoms with Gasteiger partial charge in [-0.3, -0.25) is 18.2 Å². The SMILES string of the molecule is CC.CNc1cc(C(=O)O)c2ccc(S(=O)(=O)O)cc2c1.CNc1cc(S(=O)(=O)O)c2ccc(S(=O)(=O)O)cc2c1.CNc1cc(S(=O)(=O)O)c2cccc(C)c2c1. The van der Waals surface area contributed by atoms with Gasteiger partial charge >= 0.3 is 5.97 Å². The number of aryl methyl sites for hydroxylation is 1. The van der Waals surface area contributed by atoms with Crippen LogP contribution in [0.2, 0.25) is 0 Å². The number of aromatic carboxylic acids is 1. The first-order valence-electron chi connectivity index (χ1n) is 16.7. The number of hydrogen-bond donors (Lipinski definition) is 8. The van der Waals surface area contributed by atoms with Gasteiger partial charge in [0.25, 0.3) is 40.5 Å². The lowest BCUT2D eigenvalue weighted by molar-refractivity contribution is 0.0699. The van der Waals surface area contributed by atoms with Gasteiger partial charge in [-0.15, -0.1) is 0 Å². The zero-order chi connectivity index (χ0) is 44.0. The van der Waals surface area contributed by atoms with Gasteiger partial charge in [0.05, 0.1) is 15.4 Å². The van der Waals surface area contributed by atoms with Crippen LogP contribution >= 0.6 is 0 Å². The van der Waals surface area contributed by atoms with Crippen LogP contribution in [0.25, 0.3) is 32.3 Å². The molecule has 8 N–H and O–H groups in total. The summed E-state index contributed by atoms with van der Waals surface area (Å²) in [5.41, 5.74) is 2.59. The molecule has 0 unspecified atom stereocenters. The van der Waals surface area contributed by atoms with E-state index in [1.54, 1.807) is 39.3 Å². The maximum Gasteiger partial charge on any atom is 0.336 e. The van der Waals surface area contributed by atoms with Gasteiger partial charge in [-0.1, -0.05) is 44.2 Å². The molecule has 0 saturated carbocycles. The Balaban J connectivity index is 0.000000228. The molecular weight excluding hydrogens is 839 g/mol. The Kier molecular flexibility index (Phi) is 15.0. The van der Waals surface area contributed by atoms with Crippen molar-refractivity contribution in [3.05, 3.63) is 102 Å². The van der Waals surface area contributed by atoms with Crippen molar-refractivity contribution < 1.29 is 61.8 Å². The number of rotatable bonds is 8. The highest BCUT2D eigenvalue weighted by molar-refractivity contribution is 7.86.